The Balaban J connectivity index is 2.43. The summed E-state index contributed by atoms with van der Waals surface area (Å²) in [6, 6.07) is 3.27. The third kappa shape index (κ3) is 2.63. The van der Waals surface area contributed by atoms with Gasteiger partial charge in [-0.3, -0.25) is 14.3 Å². The molecule has 0 amide bonds. The fourth-order valence-electron chi connectivity index (χ4n) is 1.48. The van der Waals surface area contributed by atoms with Crippen LogP contribution in [0.2, 0.25) is 10.3 Å². The van der Waals surface area contributed by atoms with E-state index in [1.807, 2.05) is 0 Å². The van der Waals surface area contributed by atoms with Crippen molar-refractivity contribution in [2.45, 2.75) is 13.5 Å². The van der Waals surface area contributed by atoms with Gasteiger partial charge in [0.2, 0.25) is 0 Å². The molecule has 0 aliphatic rings. The first-order valence-electron chi connectivity index (χ1n) is 5.08. The number of hydrogen-bond acceptors (Lipinski definition) is 3. The Kier molecular flexibility index (Phi) is 3.54. The second-order valence-corrected chi connectivity index (χ2v) is 4.53. The maximum absolute atomic E-state index is 11.6. The summed E-state index contributed by atoms with van der Waals surface area (Å²) in [4.78, 5) is 28.9. The van der Waals surface area contributed by atoms with Gasteiger partial charge >= 0.3 is 5.69 Å². The summed E-state index contributed by atoms with van der Waals surface area (Å²) in [7, 11) is 0. The second kappa shape index (κ2) is 4.96. The number of aromatic amines is 1. The summed E-state index contributed by atoms with van der Waals surface area (Å²) < 4.78 is 1.35. The number of aryl methyl sites for hydroxylation is 1. The standard InChI is InChI=1S/C11H9Cl2N3O2/c1-6-4-16(11(18)15-10(6)17)5-7-2-3-8(12)14-9(7)13/h2-4H,5H2,1H3,(H,15,17,18). The van der Waals surface area contributed by atoms with E-state index < -0.39 is 11.2 Å². The highest BCUT2D eigenvalue weighted by Gasteiger charge is 2.06. The molecule has 0 bridgehead atoms. The van der Waals surface area contributed by atoms with Crippen molar-refractivity contribution in [1.82, 2.24) is 14.5 Å². The van der Waals surface area contributed by atoms with Crippen molar-refractivity contribution in [1.29, 1.82) is 0 Å². The molecule has 2 aromatic rings. The van der Waals surface area contributed by atoms with E-state index in [-0.39, 0.29) is 16.9 Å². The molecule has 2 aromatic heterocycles. The van der Waals surface area contributed by atoms with Gasteiger partial charge in [-0.2, -0.15) is 0 Å². The van der Waals surface area contributed by atoms with E-state index in [1.54, 1.807) is 19.1 Å². The van der Waals surface area contributed by atoms with Crippen molar-refractivity contribution in [2.24, 2.45) is 0 Å². The van der Waals surface area contributed by atoms with Crippen LogP contribution in [-0.2, 0) is 6.54 Å². The van der Waals surface area contributed by atoms with E-state index in [4.69, 9.17) is 23.2 Å². The number of hydrogen-bond donors (Lipinski definition) is 1. The Labute approximate surface area is 112 Å². The number of H-pyrrole nitrogens is 1. The summed E-state index contributed by atoms with van der Waals surface area (Å²) in [5, 5.41) is 0.520. The van der Waals surface area contributed by atoms with E-state index in [1.165, 1.54) is 10.8 Å². The average molecular weight is 286 g/mol. The summed E-state index contributed by atoms with van der Waals surface area (Å²) in [6.07, 6.45) is 1.48. The van der Waals surface area contributed by atoms with Crippen molar-refractivity contribution in [2.75, 3.05) is 0 Å². The van der Waals surface area contributed by atoms with E-state index >= 15 is 0 Å². The molecule has 0 spiro atoms. The number of halogens is 2. The van der Waals surface area contributed by atoms with Crippen LogP contribution in [0.15, 0.2) is 27.9 Å². The monoisotopic (exact) mass is 285 g/mol. The average Bonchev–Trinajstić information content (AvgIpc) is 2.29. The third-order valence-electron chi connectivity index (χ3n) is 2.42. The number of pyridine rings is 1. The van der Waals surface area contributed by atoms with Crippen LogP contribution in [0.1, 0.15) is 11.1 Å². The third-order valence-corrected chi connectivity index (χ3v) is 2.96. The molecule has 0 aliphatic carbocycles. The van der Waals surface area contributed by atoms with Crippen molar-refractivity contribution in [3.63, 3.8) is 0 Å². The predicted octanol–water partition coefficient (Wildman–Crippen LogP) is 1.60. The predicted molar refractivity (Wildman–Crippen MR) is 69.4 cm³/mol. The molecule has 0 saturated heterocycles. The summed E-state index contributed by atoms with van der Waals surface area (Å²) in [5.74, 6) is 0. The number of nitrogens with one attached hydrogen (secondary N) is 1. The van der Waals surface area contributed by atoms with E-state index in [2.05, 4.69) is 9.97 Å². The molecule has 94 valence electrons. The van der Waals surface area contributed by atoms with Gasteiger partial charge < -0.3 is 0 Å². The molecule has 2 heterocycles. The largest absolute Gasteiger partial charge is 0.328 e. The maximum atomic E-state index is 11.6. The van der Waals surface area contributed by atoms with Gasteiger partial charge in [0, 0.05) is 17.3 Å². The molecule has 0 radical (unpaired) electrons. The van der Waals surface area contributed by atoms with Crippen molar-refractivity contribution >= 4 is 23.2 Å². The topological polar surface area (TPSA) is 67.8 Å². The zero-order chi connectivity index (χ0) is 13.3. The van der Waals surface area contributed by atoms with Crippen LogP contribution in [0, 0.1) is 6.92 Å². The Morgan fingerprint density at radius 1 is 1.33 bits per heavy atom. The zero-order valence-corrected chi connectivity index (χ0v) is 10.9. The molecule has 7 heteroatoms. The molecule has 0 unspecified atom stereocenters. The van der Waals surface area contributed by atoms with Crippen molar-refractivity contribution in [3.05, 3.63) is 60.6 Å². The minimum Gasteiger partial charge on any atom is -0.296 e. The molecule has 0 saturated carbocycles. The first kappa shape index (κ1) is 12.9. The Morgan fingerprint density at radius 3 is 2.72 bits per heavy atom. The molecule has 0 aliphatic heterocycles. The number of nitrogens with zero attached hydrogens (tertiary/aromatic N) is 2. The van der Waals surface area contributed by atoms with Crippen LogP contribution in [0.5, 0.6) is 0 Å². The van der Waals surface area contributed by atoms with Crippen LogP contribution in [0.25, 0.3) is 0 Å². The summed E-state index contributed by atoms with van der Waals surface area (Å²) in [6.45, 7) is 1.84. The summed E-state index contributed by atoms with van der Waals surface area (Å²) >= 11 is 11.6. The highest BCUT2D eigenvalue weighted by molar-refractivity contribution is 6.32. The summed E-state index contributed by atoms with van der Waals surface area (Å²) in [5.41, 5.74) is 0.218. The van der Waals surface area contributed by atoms with Gasteiger partial charge in [-0.1, -0.05) is 29.3 Å². The molecular weight excluding hydrogens is 277 g/mol. The Morgan fingerprint density at radius 2 is 2.06 bits per heavy atom. The molecule has 0 fully saturated rings. The van der Waals surface area contributed by atoms with Crippen LogP contribution in [0.3, 0.4) is 0 Å². The van der Waals surface area contributed by atoms with Gasteiger partial charge in [0.05, 0.1) is 6.54 Å². The van der Waals surface area contributed by atoms with Gasteiger partial charge in [0.15, 0.2) is 0 Å². The van der Waals surface area contributed by atoms with Gasteiger partial charge in [-0.05, 0) is 13.0 Å². The molecule has 5 nitrogen and oxygen atoms in total. The SMILES string of the molecule is Cc1cn(Cc2ccc(Cl)nc2Cl)c(=O)[nH]c1=O. The van der Waals surface area contributed by atoms with Gasteiger partial charge in [0.25, 0.3) is 5.56 Å². The maximum Gasteiger partial charge on any atom is 0.328 e. The van der Waals surface area contributed by atoms with Gasteiger partial charge in [-0.15, -0.1) is 0 Å². The van der Waals surface area contributed by atoms with E-state index in [9.17, 15) is 9.59 Å². The molecule has 2 rings (SSSR count). The Hall–Kier alpha value is -1.59. The van der Waals surface area contributed by atoms with Crippen LogP contribution in [-0.4, -0.2) is 14.5 Å². The van der Waals surface area contributed by atoms with E-state index in [0.29, 0.717) is 11.1 Å². The first-order chi connectivity index (χ1) is 8.47. The van der Waals surface area contributed by atoms with Gasteiger partial charge in [-0.25, -0.2) is 9.78 Å². The zero-order valence-electron chi connectivity index (χ0n) is 9.41. The first-order valence-corrected chi connectivity index (χ1v) is 5.84. The lowest BCUT2D eigenvalue weighted by Crippen LogP contribution is -2.31. The highest BCUT2D eigenvalue weighted by atomic mass is 35.5. The fraction of sp³-hybridized carbons (Fsp3) is 0.182. The smallest absolute Gasteiger partial charge is 0.296 e. The molecule has 1 N–H and O–H groups in total. The van der Waals surface area contributed by atoms with Crippen LogP contribution in [0.4, 0.5) is 0 Å². The van der Waals surface area contributed by atoms with Crippen molar-refractivity contribution in [3.8, 4) is 0 Å². The molecule has 0 aromatic carbocycles. The highest BCUT2D eigenvalue weighted by Crippen LogP contribution is 2.17. The lowest BCUT2D eigenvalue weighted by atomic mass is 10.3. The molecule has 0 atom stereocenters. The van der Waals surface area contributed by atoms with Gasteiger partial charge in [0.1, 0.15) is 10.3 Å². The Bertz CT molecular complexity index is 706. The van der Waals surface area contributed by atoms with Crippen LogP contribution < -0.4 is 11.2 Å². The quantitative estimate of drug-likeness (QED) is 0.852. The molecule has 18 heavy (non-hydrogen) atoms. The lowest BCUT2D eigenvalue weighted by molar-refractivity contribution is 0.711. The minimum absolute atomic E-state index is 0.222. The number of aromatic nitrogens is 3. The lowest BCUT2D eigenvalue weighted by Gasteiger charge is -2.07. The number of rotatable bonds is 2. The molecular formula is C11H9Cl2N3O2. The fourth-order valence-corrected chi connectivity index (χ4v) is 1.88. The second-order valence-electron chi connectivity index (χ2n) is 3.78. The van der Waals surface area contributed by atoms with E-state index in [0.717, 1.165) is 0 Å². The van der Waals surface area contributed by atoms with Crippen molar-refractivity contribution < 1.29 is 0 Å². The van der Waals surface area contributed by atoms with Crippen LogP contribution >= 0.6 is 23.2 Å². The normalized spacial score (nSPS) is 10.6. The minimum atomic E-state index is -0.489.